The van der Waals surface area contributed by atoms with Gasteiger partial charge in [0.25, 0.3) is 5.56 Å². The van der Waals surface area contributed by atoms with Gasteiger partial charge in [0.2, 0.25) is 5.95 Å². The Hall–Kier alpha value is -4.03. The predicted octanol–water partition coefficient (Wildman–Crippen LogP) is 2.67. The number of benzene rings is 2. The normalized spacial score (nSPS) is 13.5. The molecule has 210 valence electrons. The predicted molar refractivity (Wildman–Crippen MR) is 160 cm³/mol. The molecule has 0 radical (unpaired) electrons. The fourth-order valence-corrected chi connectivity index (χ4v) is 5.32. The Bertz CT molecular complexity index is 1710. The van der Waals surface area contributed by atoms with Gasteiger partial charge in [-0.15, -0.1) is 0 Å². The van der Waals surface area contributed by atoms with Gasteiger partial charge in [-0.2, -0.15) is 4.98 Å². The van der Waals surface area contributed by atoms with Crippen LogP contribution in [0.1, 0.15) is 5.56 Å². The van der Waals surface area contributed by atoms with Crippen molar-refractivity contribution < 1.29 is 9.47 Å². The molecule has 1 aliphatic rings. The van der Waals surface area contributed by atoms with Gasteiger partial charge in [0.15, 0.2) is 16.3 Å². The van der Waals surface area contributed by atoms with E-state index in [-0.39, 0.29) is 0 Å². The Labute approximate surface area is 241 Å². The minimum Gasteiger partial charge on any atom is -0.497 e. The van der Waals surface area contributed by atoms with E-state index < -0.39 is 11.2 Å². The summed E-state index contributed by atoms with van der Waals surface area (Å²) in [6.07, 6.45) is 0. The number of methoxy groups -OCH3 is 2. The first kappa shape index (κ1) is 27.5. The zero-order valence-corrected chi connectivity index (χ0v) is 24.3. The number of aromatic nitrogens is 4. The van der Waals surface area contributed by atoms with Crippen LogP contribution in [0.4, 0.5) is 11.6 Å². The van der Waals surface area contributed by atoms with E-state index in [0.29, 0.717) is 71.5 Å². The number of hydrogen-bond donors (Lipinski definition) is 1. The van der Waals surface area contributed by atoms with E-state index in [1.807, 2.05) is 41.0 Å². The lowest BCUT2D eigenvalue weighted by atomic mass is 10.2. The topological polar surface area (TPSA) is 98.8 Å². The van der Waals surface area contributed by atoms with Crippen molar-refractivity contribution in [1.82, 2.24) is 23.6 Å². The van der Waals surface area contributed by atoms with Crippen LogP contribution < -0.4 is 30.9 Å². The van der Waals surface area contributed by atoms with Gasteiger partial charge >= 0.3 is 5.69 Å². The van der Waals surface area contributed by atoms with Gasteiger partial charge in [0.1, 0.15) is 11.5 Å². The lowest BCUT2D eigenvalue weighted by molar-refractivity contribution is 0.385. The molecular weight excluding hydrogens is 554 g/mol. The number of nitrogens with one attached hydrogen (secondary N) is 1. The van der Waals surface area contributed by atoms with Crippen LogP contribution in [0.15, 0.2) is 52.1 Å². The van der Waals surface area contributed by atoms with Crippen molar-refractivity contribution in [3.05, 3.63) is 73.9 Å². The van der Waals surface area contributed by atoms with Crippen LogP contribution in [-0.4, -0.2) is 69.1 Å². The summed E-state index contributed by atoms with van der Waals surface area (Å²) < 4.78 is 15.1. The van der Waals surface area contributed by atoms with Crippen LogP contribution in [0, 0.1) is 0 Å². The first-order chi connectivity index (χ1) is 19.2. The average molecular weight is 584 g/mol. The molecule has 5 rings (SSSR count). The molecule has 1 saturated heterocycles. The number of rotatable bonds is 6. The Morgan fingerprint density at radius 1 is 1.02 bits per heavy atom. The van der Waals surface area contributed by atoms with Crippen LogP contribution in [0.5, 0.6) is 11.5 Å². The fourth-order valence-electron chi connectivity index (χ4n) is 4.83. The highest BCUT2D eigenvalue weighted by atomic mass is 35.5. The number of piperazine rings is 1. The van der Waals surface area contributed by atoms with Crippen LogP contribution in [-0.2, 0) is 20.6 Å². The second kappa shape index (κ2) is 11.2. The molecule has 40 heavy (non-hydrogen) atoms. The summed E-state index contributed by atoms with van der Waals surface area (Å²) in [6, 6.07) is 13.0. The molecule has 3 heterocycles. The number of imidazole rings is 1. The van der Waals surface area contributed by atoms with Crippen LogP contribution in [0.3, 0.4) is 0 Å². The molecule has 1 N–H and O–H groups in total. The third kappa shape index (κ3) is 5.00. The molecule has 0 amide bonds. The van der Waals surface area contributed by atoms with Gasteiger partial charge in [0.05, 0.1) is 26.5 Å². The zero-order valence-electron chi connectivity index (χ0n) is 22.7. The molecular formula is C27H30ClN7O4S. The van der Waals surface area contributed by atoms with Crippen molar-refractivity contribution in [2.75, 3.05) is 50.6 Å². The molecule has 1 fully saturated rings. The number of thiocarbonyl (C=S) groups is 1. The summed E-state index contributed by atoms with van der Waals surface area (Å²) >= 11 is 12.2. The molecule has 0 bridgehead atoms. The van der Waals surface area contributed by atoms with E-state index in [1.165, 1.54) is 11.6 Å². The molecule has 4 aromatic rings. The van der Waals surface area contributed by atoms with Crippen molar-refractivity contribution in [2.45, 2.75) is 6.54 Å². The molecule has 2 aromatic carbocycles. The highest BCUT2D eigenvalue weighted by molar-refractivity contribution is 7.80. The highest BCUT2D eigenvalue weighted by Gasteiger charge is 2.27. The molecule has 2 aromatic heterocycles. The van der Waals surface area contributed by atoms with Crippen molar-refractivity contribution >= 4 is 51.7 Å². The summed E-state index contributed by atoms with van der Waals surface area (Å²) in [5.74, 6) is 1.92. The number of aryl methyl sites for hydroxylation is 1. The largest absolute Gasteiger partial charge is 0.497 e. The Kier molecular flexibility index (Phi) is 7.72. The molecule has 0 aliphatic carbocycles. The van der Waals surface area contributed by atoms with Crippen molar-refractivity contribution in [3.63, 3.8) is 0 Å². The molecule has 1 aliphatic heterocycles. The lowest BCUT2D eigenvalue weighted by Crippen LogP contribution is -2.50. The molecule has 13 heteroatoms. The molecule has 0 spiro atoms. The van der Waals surface area contributed by atoms with Crippen molar-refractivity contribution in [2.24, 2.45) is 14.1 Å². The van der Waals surface area contributed by atoms with Gasteiger partial charge < -0.3 is 24.6 Å². The number of fused-ring (bicyclic) bond motifs is 1. The van der Waals surface area contributed by atoms with Gasteiger partial charge in [-0.05, 0) is 36.0 Å². The monoisotopic (exact) mass is 583 g/mol. The smallest absolute Gasteiger partial charge is 0.332 e. The minimum absolute atomic E-state index is 0.330. The Balaban J connectivity index is 1.43. The van der Waals surface area contributed by atoms with Crippen molar-refractivity contribution in [3.8, 4) is 11.5 Å². The maximum absolute atomic E-state index is 13.3. The first-order valence-electron chi connectivity index (χ1n) is 12.7. The van der Waals surface area contributed by atoms with E-state index in [2.05, 4.69) is 15.1 Å². The van der Waals surface area contributed by atoms with Crippen LogP contribution in [0.25, 0.3) is 11.2 Å². The Morgan fingerprint density at radius 3 is 2.42 bits per heavy atom. The number of hydrogen-bond acceptors (Lipinski definition) is 7. The molecule has 11 nitrogen and oxygen atoms in total. The lowest BCUT2D eigenvalue weighted by Gasteiger charge is -2.37. The van der Waals surface area contributed by atoms with E-state index in [1.54, 1.807) is 27.3 Å². The number of anilines is 2. The summed E-state index contributed by atoms with van der Waals surface area (Å²) in [5.41, 5.74) is 1.45. The average Bonchev–Trinajstić information content (AvgIpc) is 3.35. The van der Waals surface area contributed by atoms with Gasteiger partial charge in [-0.1, -0.05) is 29.8 Å². The third-order valence-corrected chi connectivity index (χ3v) is 7.84. The second-order valence-corrected chi connectivity index (χ2v) is 10.2. The minimum atomic E-state index is -0.429. The van der Waals surface area contributed by atoms with Gasteiger partial charge in [-0.25, -0.2) is 4.79 Å². The van der Waals surface area contributed by atoms with E-state index in [9.17, 15) is 9.59 Å². The maximum atomic E-state index is 13.3. The van der Waals surface area contributed by atoms with Gasteiger partial charge in [0, 0.05) is 51.4 Å². The standard InChI is InChI=1S/C27H30ClN7O4S/c1-31-23-22(24(36)32(2)27(31)37)35(16-17-7-5-6-8-19(17)28)25(30-23)33-11-13-34(14-12-33)26(40)29-20-10-9-18(38-3)15-21(20)39-4/h5-10,15H,11-14,16H2,1-4H3,(H,29,40). The first-order valence-corrected chi connectivity index (χ1v) is 13.4. The van der Waals surface area contributed by atoms with Crippen LogP contribution >= 0.6 is 23.8 Å². The van der Waals surface area contributed by atoms with E-state index in [0.717, 1.165) is 15.8 Å². The van der Waals surface area contributed by atoms with Crippen LogP contribution in [0.2, 0.25) is 5.02 Å². The maximum Gasteiger partial charge on any atom is 0.332 e. The number of halogens is 1. The quantitative estimate of drug-likeness (QED) is 0.344. The third-order valence-electron chi connectivity index (χ3n) is 7.11. The fraction of sp³-hybridized carbons (Fsp3) is 0.333. The van der Waals surface area contributed by atoms with Gasteiger partial charge in [-0.3, -0.25) is 18.5 Å². The SMILES string of the molecule is COc1ccc(NC(=S)N2CCN(c3nc4c(c(=O)n(C)c(=O)n4C)n3Cc3ccccc3Cl)CC2)c(OC)c1. The second-order valence-electron chi connectivity index (χ2n) is 9.44. The highest BCUT2D eigenvalue weighted by Crippen LogP contribution is 2.30. The van der Waals surface area contributed by atoms with Crippen molar-refractivity contribution in [1.29, 1.82) is 0 Å². The summed E-state index contributed by atoms with van der Waals surface area (Å²) in [7, 11) is 6.29. The van der Waals surface area contributed by atoms with E-state index >= 15 is 0 Å². The summed E-state index contributed by atoms with van der Waals surface area (Å²) in [6.45, 7) is 2.77. The summed E-state index contributed by atoms with van der Waals surface area (Å²) in [4.78, 5) is 34.9. The Morgan fingerprint density at radius 2 is 1.75 bits per heavy atom. The molecule has 0 atom stereocenters. The van der Waals surface area contributed by atoms with E-state index in [4.69, 9.17) is 38.3 Å². The zero-order chi connectivity index (χ0) is 28.6. The molecule has 0 unspecified atom stereocenters. The molecule has 0 saturated carbocycles. The summed E-state index contributed by atoms with van der Waals surface area (Å²) in [5, 5.41) is 4.44. The number of nitrogens with zero attached hydrogens (tertiary/aromatic N) is 6. The number of ether oxygens (including phenoxy) is 2.